The van der Waals surface area contributed by atoms with Gasteiger partial charge in [-0.25, -0.2) is 4.39 Å². The van der Waals surface area contributed by atoms with Gasteiger partial charge >= 0.3 is 6.18 Å². The van der Waals surface area contributed by atoms with E-state index in [2.05, 4.69) is 5.32 Å². The molecule has 0 fully saturated rings. The molecule has 4 nitrogen and oxygen atoms in total. The van der Waals surface area contributed by atoms with E-state index in [1.165, 1.54) is 25.1 Å². The van der Waals surface area contributed by atoms with Crippen LogP contribution in [0, 0.1) is 5.82 Å². The van der Waals surface area contributed by atoms with Crippen molar-refractivity contribution in [2.24, 2.45) is 5.73 Å². The van der Waals surface area contributed by atoms with Gasteiger partial charge in [-0.05, 0) is 36.8 Å². The molecule has 2 amide bonds. The molecule has 0 aliphatic carbocycles. The van der Waals surface area contributed by atoms with E-state index in [-0.39, 0.29) is 11.1 Å². The zero-order chi connectivity index (χ0) is 18.8. The molecule has 8 heteroatoms. The van der Waals surface area contributed by atoms with E-state index in [1.807, 2.05) is 0 Å². The van der Waals surface area contributed by atoms with Crippen molar-refractivity contribution in [1.29, 1.82) is 0 Å². The highest BCUT2D eigenvalue weighted by molar-refractivity contribution is 5.99. The monoisotopic (exact) mass is 354 g/mol. The number of alkyl halides is 3. The first kappa shape index (κ1) is 18.4. The molecule has 2 rings (SSSR count). The Labute approximate surface area is 140 Å². The number of rotatable bonds is 4. The molecule has 25 heavy (non-hydrogen) atoms. The average Bonchev–Trinajstić information content (AvgIpc) is 2.54. The smallest absolute Gasteiger partial charge is 0.367 e. The third-order valence-electron chi connectivity index (χ3n) is 3.76. The molecule has 1 unspecified atom stereocenters. The minimum Gasteiger partial charge on any atom is -0.367 e. The third-order valence-corrected chi connectivity index (χ3v) is 3.76. The second kappa shape index (κ2) is 6.54. The quantitative estimate of drug-likeness (QED) is 0.829. The first-order valence-corrected chi connectivity index (χ1v) is 7.10. The molecule has 132 valence electrons. The molecule has 2 aromatic carbocycles. The van der Waals surface area contributed by atoms with E-state index in [9.17, 15) is 27.2 Å². The number of hydrogen-bond acceptors (Lipinski definition) is 2. The fourth-order valence-corrected chi connectivity index (χ4v) is 2.21. The number of carbonyl (C=O) groups excluding carboxylic acids is 2. The fourth-order valence-electron chi connectivity index (χ4n) is 2.21. The molecular weight excluding hydrogens is 340 g/mol. The largest absolute Gasteiger partial charge is 0.416 e. The lowest BCUT2D eigenvalue weighted by atomic mass is 9.90. The SMILES string of the molecule is CC(NC(=O)c1ccccc1F)(C(N)=O)c1ccc(C(F)(F)F)cc1. The van der Waals surface area contributed by atoms with Crippen LogP contribution in [-0.2, 0) is 16.5 Å². The number of nitrogens with one attached hydrogen (secondary N) is 1. The van der Waals surface area contributed by atoms with Gasteiger partial charge in [0.2, 0.25) is 5.91 Å². The van der Waals surface area contributed by atoms with Crippen molar-refractivity contribution in [1.82, 2.24) is 5.32 Å². The number of nitrogens with two attached hydrogens (primary N) is 1. The van der Waals surface area contributed by atoms with E-state index in [1.54, 1.807) is 0 Å². The zero-order valence-corrected chi connectivity index (χ0v) is 13.0. The molecule has 0 saturated carbocycles. The topological polar surface area (TPSA) is 72.2 Å². The van der Waals surface area contributed by atoms with Crippen LogP contribution in [-0.4, -0.2) is 11.8 Å². The Morgan fingerprint density at radius 3 is 1.96 bits per heavy atom. The Bertz CT molecular complexity index is 803. The van der Waals surface area contributed by atoms with Gasteiger partial charge in [0.15, 0.2) is 0 Å². The van der Waals surface area contributed by atoms with Gasteiger partial charge in [-0.2, -0.15) is 13.2 Å². The van der Waals surface area contributed by atoms with Gasteiger partial charge in [-0.15, -0.1) is 0 Å². The zero-order valence-electron chi connectivity index (χ0n) is 13.0. The summed E-state index contributed by atoms with van der Waals surface area (Å²) in [5.74, 6) is -2.73. The summed E-state index contributed by atoms with van der Waals surface area (Å²) in [6.07, 6.45) is -4.54. The van der Waals surface area contributed by atoms with Crippen LogP contribution >= 0.6 is 0 Å². The summed E-state index contributed by atoms with van der Waals surface area (Å²) in [4.78, 5) is 24.1. The predicted octanol–water partition coefficient (Wildman–Crippen LogP) is 2.98. The van der Waals surface area contributed by atoms with Gasteiger partial charge in [0.05, 0.1) is 11.1 Å². The fraction of sp³-hybridized carbons (Fsp3) is 0.176. The number of halogens is 4. The Balaban J connectivity index is 2.37. The summed E-state index contributed by atoms with van der Waals surface area (Å²) in [5, 5.41) is 2.29. The Morgan fingerprint density at radius 1 is 0.960 bits per heavy atom. The van der Waals surface area contributed by atoms with Crippen LogP contribution in [0.15, 0.2) is 48.5 Å². The first-order valence-electron chi connectivity index (χ1n) is 7.10. The Hall–Kier alpha value is -2.90. The molecule has 0 spiro atoms. The third kappa shape index (κ3) is 3.78. The van der Waals surface area contributed by atoms with Crippen LogP contribution < -0.4 is 11.1 Å². The number of amides is 2. The highest BCUT2D eigenvalue weighted by atomic mass is 19.4. The van der Waals surface area contributed by atoms with Crippen LogP contribution in [0.4, 0.5) is 17.6 Å². The number of carbonyl (C=O) groups is 2. The van der Waals surface area contributed by atoms with Crippen molar-refractivity contribution in [3.63, 3.8) is 0 Å². The molecule has 0 aliphatic rings. The Morgan fingerprint density at radius 2 is 1.48 bits per heavy atom. The van der Waals surface area contributed by atoms with Gasteiger partial charge in [0.25, 0.3) is 5.91 Å². The molecule has 1 atom stereocenters. The van der Waals surface area contributed by atoms with Crippen molar-refractivity contribution in [3.05, 3.63) is 71.0 Å². The van der Waals surface area contributed by atoms with Crippen LogP contribution in [0.1, 0.15) is 28.4 Å². The van der Waals surface area contributed by atoms with E-state index in [4.69, 9.17) is 5.73 Å². The summed E-state index contributed by atoms with van der Waals surface area (Å²) < 4.78 is 51.6. The lowest BCUT2D eigenvalue weighted by Gasteiger charge is -2.28. The molecule has 0 aromatic heterocycles. The number of hydrogen-bond donors (Lipinski definition) is 2. The highest BCUT2D eigenvalue weighted by Gasteiger charge is 2.37. The molecular formula is C17H14F4N2O2. The van der Waals surface area contributed by atoms with E-state index in [0.717, 1.165) is 30.3 Å². The summed E-state index contributed by atoms with van der Waals surface area (Å²) in [7, 11) is 0. The van der Waals surface area contributed by atoms with E-state index in [0.29, 0.717) is 0 Å². The molecule has 2 aromatic rings. The minimum absolute atomic E-state index is 0.0395. The minimum atomic E-state index is -4.54. The predicted molar refractivity (Wildman–Crippen MR) is 81.9 cm³/mol. The number of benzene rings is 2. The van der Waals surface area contributed by atoms with Crippen LogP contribution in [0.3, 0.4) is 0 Å². The summed E-state index contributed by atoms with van der Waals surface area (Å²) >= 11 is 0. The lowest BCUT2D eigenvalue weighted by molar-refractivity contribution is -0.137. The number of primary amides is 1. The molecule has 0 saturated heterocycles. The van der Waals surface area contributed by atoms with Gasteiger partial charge in [-0.3, -0.25) is 9.59 Å². The van der Waals surface area contributed by atoms with Crippen molar-refractivity contribution in [2.45, 2.75) is 18.6 Å². The van der Waals surface area contributed by atoms with E-state index >= 15 is 0 Å². The van der Waals surface area contributed by atoms with E-state index < -0.39 is 34.9 Å². The highest BCUT2D eigenvalue weighted by Crippen LogP contribution is 2.31. The average molecular weight is 354 g/mol. The maximum atomic E-state index is 13.7. The molecule has 0 bridgehead atoms. The lowest BCUT2D eigenvalue weighted by Crippen LogP contribution is -2.52. The van der Waals surface area contributed by atoms with Crippen molar-refractivity contribution < 1.29 is 27.2 Å². The molecule has 3 N–H and O–H groups in total. The van der Waals surface area contributed by atoms with Gasteiger partial charge in [-0.1, -0.05) is 24.3 Å². The van der Waals surface area contributed by atoms with Crippen molar-refractivity contribution >= 4 is 11.8 Å². The molecule has 0 heterocycles. The van der Waals surface area contributed by atoms with Gasteiger partial charge in [0, 0.05) is 0 Å². The van der Waals surface area contributed by atoms with Crippen molar-refractivity contribution in [2.75, 3.05) is 0 Å². The molecule has 0 radical (unpaired) electrons. The second-order valence-electron chi connectivity index (χ2n) is 5.50. The van der Waals surface area contributed by atoms with Crippen molar-refractivity contribution in [3.8, 4) is 0 Å². The second-order valence-corrected chi connectivity index (χ2v) is 5.50. The van der Waals surface area contributed by atoms with Crippen LogP contribution in [0.25, 0.3) is 0 Å². The maximum Gasteiger partial charge on any atom is 0.416 e. The summed E-state index contributed by atoms with van der Waals surface area (Å²) in [6.45, 7) is 1.23. The molecule has 0 aliphatic heterocycles. The first-order chi connectivity index (χ1) is 11.6. The maximum absolute atomic E-state index is 13.7. The summed E-state index contributed by atoms with van der Waals surface area (Å²) in [5.41, 5.74) is 2.31. The Kier molecular flexibility index (Phi) is 4.82. The summed E-state index contributed by atoms with van der Waals surface area (Å²) in [6, 6.07) is 8.70. The van der Waals surface area contributed by atoms with Gasteiger partial charge < -0.3 is 11.1 Å². The standard InChI is InChI=1S/C17H14F4N2O2/c1-16(15(22)25,10-6-8-11(9-7-10)17(19,20)21)23-14(24)12-4-2-3-5-13(12)18/h2-9H,1H3,(H2,22,25)(H,23,24). The van der Waals surface area contributed by atoms with Crippen LogP contribution in [0.2, 0.25) is 0 Å². The normalized spacial score (nSPS) is 13.8. The van der Waals surface area contributed by atoms with Gasteiger partial charge in [0.1, 0.15) is 11.4 Å². The van der Waals surface area contributed by atoms with Crippen LogP contribution in [0.5, 0.6) is 0 Å².